The van der Waals surface area contributed by atoms with Crippen LogP contribution < -0.4 is 10.9 Å². The van der Waals surface area contributed by atoms with Crippen molar-refractivity contribution >= 4 is 33.3 Å². The zero-order valence-electron chi connectivity index (χ0n) is 11.6. The van der Waals surface area contributed by atoms with Crippen LogP contribution in [0.5, 0.6) is 0 Å². The van der Waals surface area contributed by atoms with Gasteiger partial charge in [0.2, 0.25) is 0 Å². The monoisotopic (exact) mass is 351 g/mol. The van der Waals surface area contributed by atoms with E-state index in [1.54, 1.807) is 42.0 Å². The standard InChI is InChI=1S/C13H14BrN5O2/c1-17-3-4-19-10(13(17)21)6-11(16-19)15-9-5-8(14)7-18(2)12(9)20/h5-7H,3-4H2,1-2H3,(H,15,16). The van der Waals surface area contributed by atoms with Crippen LogP contribution in [0.1, 0.15) is 10.5 Å². The number of aromatic nitrogens is 3. The number of halogens is 1. The second-order valence-electron chi connectivity index (χ2n) is 4.98. The van der Waals surface area contributed by atoms with Crippen molar-refractivity contribution in [3.05, 3.63) is 38.9 Å². The van der Waals surface area contributed by atoms with Gasteiger partial charge >= 0.3 is 0 Å². The fourth-order valence-corrected chi connectivity index (χ4v) is 2.80. The lowest BCUT2D eigenvalue weighted by Crippen LogP contribution is -2.37. The van der Waals surface area contributed by atoms with Gasteiger partial charge in [-0.05, 0) is 22.0 Å². The molecule has 0 spiro atoms. The average Bonchev–Trinajstić information content (AvgIpc) is 2.83. The number of hydrogen-bond donors (Lipinski definition) is 1. The lowest BCUT2D eigenvalue weighted by Gasteiger charge is -2.22. The van der Waals surface area contributed by atoms with Gasteiger partial charge in [0.05, 0.1) is 6.54 Å². The molecule has 110 valence electrons. The largest absolute Gasteiger partial charge is 0.339 e. The minimum absolute atomic E-state index is 0.0658. The molecule has 0 saturated carbocycles. The molecule has 3 heterocycles. The lowest BCUT2D eigenvalue weighted by atomic mass is 10.3. The van der Waals surface area contributed by atoms with Gasteiger partial charge in [-0.15, -0.1) is 0 Å². The normalized spacial score (nSPS) is 14.2. The molecule has 0 bridgehead atoms. The van der Waals surface area contributed by atoms with Crippen LogP contribution in [0.4, 0.5) is 11.5 Å². The fourth-order valence-electron chi connectivity index (χ4n) is 2.26. The molecule has 21 heavy (non-hydrogen) atoms. The van der Waals surface area contributed by atoms with E-state index in [-0.39, 0.29) is 11.5 Å². The second-order valence-corrected chi connectivity index (χ2v) is 5.89. The third-order valence-electron chi connectivity index (χ3n) is 3.41. The van der Waals surface area contributed by atoms with Gasteiger partial charge in [-0.3, -0.25) is 14.3 Å². The molecule has 1 aliphatic heterocycles. The molecule has 1 amide bonds. The maximum Gasteiger partial charge on any atom is 0.274 e. The van der Waals surface area contributed by atoms with Crippen molar-refractivity contribution in [2.75, 3.05) is 18.9 Å². The van der Waals surface area contributed by atoms with Crippen LogP contribution in [0.25, 0.3) is 0 Å². The molecule has 1 aliphatic rings. The smallest absolute Gasteiger partial charge is 0.274 e. The van der Waals surface area contributed by atoms with Crippen LogP contribution in [0.3, 0.4) is 0 Å². The van der Waals surface area contributed by atoms with Gasteiger partial charge in [0.1, 0.15) is 11.4 Å². The van der Waals surface area contributed by atoms with Gasteiger partial charge < -0.3 is 14.8 Å². The molecule has 7 nitrogen and oxygen atoms in total. The first kappa shape index (κ1) is 13.9. The van der Waals surface area contributed by atoms with E-state index in [0.717, 1.165) is 4.47 Å². The molecule has 0 radical (unpaired) electrons. The Morgan fingerprint density at radius 3 is 2.76 bits per heavy atom. The number of nitrogens with zero attached hydrogens (tertiary/aromatic N) is 4. The van der Waals surface area contributed by atoms with Crippen LogP contribution in [-0.4, -0.2) is 38.7 Å². The van der Waals surface area contributed by atoms with E-state index >= 15 is 0 Å². The number of hydrogen-bond acceptors (Lipinski definition) is 4. The van der Waals surface area contributed by atoms with Gasteiger partial charge in [0, 0.05) is 37.4 Å². The highest BCUT2D eigenvalue weighted by Crippen LogP contribution is 2.19. The number of amides is 1. The van der Waals surface area contributed by atoms with Crippen molar-refractivity contribution in [3.63, 3.8) is 0 Å². The summed E-state index contributed by atoms with van der Waals surface area (Å²) in [5.41, 5.74) is 0.772. The molecular formula is C13H14BrN5O2. The Morgan fingerprint density at radius 2 is 2.00 bits per heavy atom. The van der Waals surface area contributed by atoms with Gasteiger partial charge in [-0.25, -0.2) is 0 Å². The Bertz CT molecular complexity index is 779. The lowest BCUT2D eigenvalue weighted by molar-refractivity contribution is 0.0743. The Labute approximate surface area is 129 Å². The number of likely N-dealkylation sites (N-methyl/N-ethyl adjacent to an activating group) is 1. The first-order valence-electron chi connectivity index (χ1n) is 6.42. The molecule has 0 unspecified atom stereocenters. The summed E-state index contributed by atoms with van der Waals surface area (Å²) in [6.07, 6.45) is 1.68. The summed E-state index contributed by atoms with van der Waals surface area (Å²) >= 11 is 3.35. The number of rotatable bonds is 2. The van der Waals surface area contributed by atoms with Crippen molar-refractivity contribution < 1.29 is 4.79 Å². The molecule has 0 aliphatic carbocycles. The van der Waals surface area contributed by atoms with Crippen molar-refractivity contribution in [1.29, 1.82) is 0 Å². The van der Waals surface area contributed by atoms with E-state index in [4.69, 9.17) is 0 Å². The maximum absolute atomic E-state index is 12.1. The highest BCUT2D eigenvalue weighted by molar-refractivity contribution is 9.10. The molecule has 0 saturated heterocycles. The summed E-state index contributed by atoms with van der Waals surface area (Å²) in [7, 11) is 3.44. The molecule has 0 fully saturated rings. The number of pyridine rings is 1. The molecule has 8 heteroatoms. The highest BCUT2D eigenvalue weighted by Gasteiger charge is 2.23. The Hall–Kier alpha value is -2.09. The molecule has 0 aromatic carbocycles. The summed E-state index contributed by atoms with van der Waals surface area (Å²) in [5.74, 6) is 0.424. The highest BCUT2D eigenvalue weighted by atomic mass is 79.9. The van der Waals surface area contributed by atoms with Gasteiger partial charge in [0.25, 0.3) is 11.5 Å². The number of fused-ring (bicyclic) bond motifs is 1. The molecule has 2 aromatic rings. The van der Waals surface area contributed by atoms with Crippen LogP contribution in [0.2, 0.25) is 0 Å². The molecule has 2 aromatic heterocycles. The van der Waals surface area contributed by atoms with Gasteiger partial charge in [-0.1, -0.05) is 0 Å². The molecule has 0 atom stereocenters. The van der Waals surface area contributed by atoms with Gasteiger partial charge in [0.15, 0.2) is 5.82 Å². The molecular weight excluding hydrogens is 338 g/mol. The predicted octanol–water partition coefficient (Wildman–Crippen LogP) is 1.17. The number of nitrogens with one attached hydrogen (secondary N) is 1. The minimum Gasteiger partial charge on any atom is -0.339 e. The zero-order valence-corrected chi connectivity index (χ0v) is 13.2. The van der Waals surface area contributed by atoms with E-state index in [0.29, 0.717) is 30.3 Å². The van der Waals surface area contributed by atoms with Crippen LogP contribution in [0.15, 0.2) is 27.6 Å². The van der Waals surface area contributed by atoms with E-state index in [1.807, 2.05) is 0 Å². The van der Waals surface area contributed by atoms with E-state index in [2.05, 4.69) is 26.3 Å². The Kier molecular flexibility index (Phi) is 3.32. The van der Waals surface area contributed by atoms with Gasteiger partial charge in [-0.2, -0.15) is 5.10 Å². The summed E-state index contributed by atoms with van der Waals surface area (Å²) in [6.45, 7) is 1.28. The molecule has 3 rings (SSSR count). The predicted molar refractivity (Wildman–Crippen MR) is 81.9 cm³/mol. The first-order valence-corrected chi connectivity index (χ1v) is 7.21. The second kappa shape index (κ2) is 5.03. The average molecular weight is 352 g/mol. The van der Waals surface area contributed by atoms with Crippen molar-refractivity contribution in [2.45, 2.75) is 6.54 Å². The topological polar surface area (TPSA) is 72.2 Å². The Balaban J connectivity index is 1.96. The van der Waals surface area contributed by atoms with Crippen LogP contribution in [-0.2, 0) is 13.6 Å². The van der Waals surface area contributed by atoms with Crippen LogP contribution >= 0.6 is 15.9 Å². The third kappa shape index (κ3) is 2.46. The van der Waals surface area contributed by atoms with E-state index in [1.165, 1.54) is 4.57 Å². The van der Waals surface area contributed by atoms with Crippen molar-refractivity contribution in [2.24, 2.45) is 7.05 Å². The number of carbonyl (C=O) groups excluding carboxylic acids is 1. The zero-order chi connectivity index (χ0) is 15.1. The van der Waals surface area contributed by atoms with E-state index in [9.17, 15) is 9.59 Å². The summed E-state index contributed by atoms with van der Waals surface area (Å²) in [6, 6.07) is 3.35. The maximum atomic E-state index is 12.1. The first-order chi connectivity index (χ1) is 9.95. The van der Waals surface area contributed by atoms with Crippen molar-refractivity contribution in [1.82, 2.24) is 19.2 Å². The van der Waals surface area contributed by atoms with Crippen molar-refractivity contribution in [3.8, 4) is 0 Å². The van der Waals surface area contributed by atoms with Crippen LogP contribution in [0, 0.1) is 0 Å². The molecule has 1 N–H and O–H groups in total. The quantitative estimate of drug-likeness (QED) is 0.881. The number of aryl methyl sites for hydroxylation is 1. The summed E-state index contributed by atoms with van der Waals surface area (Å²) in [5, 5.41) is 7.31. The summed E-state index contributed by atoms with van der Waals surface area (Å²) in [4.78, 5) is 25.7. The van der Waals surface area contributed by atoms with E-state index < -0.39 is 0 Å². The minimum atomic E-state index is -0.160. The SMILES string of the molecule is CN1CCn2nc(Nc3cc(Br)cn(C)c3=O)cc2C1=O. The fraction of sp³-hybridized carbons (Fsp3) is 0.308. The Morgan fingerprint density at radius 1 is 1.24 bits per heavy atom. The third-order valence-corrected chi connectivity index (χ3v) is 3.84. The summed E-state index contributed by atoms with van der Waals surface area (Å²) < 4.78 is 3.92. The number of carbonyl (C=O) groups is 1. The number of anilines is 2.